The molecule has 1 atom stereocenters. The third kappa shape index (κ3) is 2.29. The number of likely N-dealkylation sites (tertiary alicyclic amines) is 1. The SMILES string of the molecule is CC(C)C1CCN(C2CCNC2)CC1. The molecule has 0 spiro atoms. The minimum atomic E-state index is 0.850. The molecule has 0 aromatic rings. The lowest BCUT2D eigenvalue weighted by atomic mass is 9.86. The van der Waals surface area contributed by atoms with Crippen molar-refractivity contribution in [2.24, 2.45) is 11.8 Å². The first-order valence-electron chi connectivity index (χ1n) is 6.22. The predicted molar refractivity (Wildman–Crippen MR) is 60.4 cm³/mol. The second-order valence-electron chi connectivity index (χ2n) is 5.26. The number of nitrogens with one attached hydrogen (secondary N) is 1. The summed E-state index contributed by atoms with van der Waals surface area (Å²) in [5.74, 6) is 1.87. The lowest BCUT2D eigenvalue weighted by molar-refractivity contribution is 0.122. The molecule has 0 radical (unpaired) electrons. The van der Waals surface area contributed by atoms with Crippen LogP contribution in [0.2, 0.25) is 0 Å². The van der Waals surface area contributed by atoms with E-state index in [-0.39, 0.29) is 0 Å². The van der Waals surface area contributed by atoms with E-state index in [1.165, 1.54) is 45.4 Å². The molecule has 1 unspecified atom stereocenters. The van der Waals surface area contributed by atoms with Gasteiger partial charge >= 0.3 is 0 Å². The molecule has 0 aromatic carbocycles. The van der Waals surface area contributed by atoms with Crippen molar-refractivity contribution in [1.82, 2.24) is 10.2 Å². The topological polar surface area (TPSA) is 15.3 Å². The van der Waals surface area contributed by atoms with E-state index < -0.39 is 0 Å². The standard InChI is InChI=1S/C12H24N2/c1-10(2)11-4-7-14(8-5-11)12-3-6-13-9-12/h10-13H,3-9H2,1-2H3. The summed E-state index contributed by atoms with van der Waals surface area (Å²) in [5, 5.41) is 3.46. The molecule has 0 aliphatic carbocycles. The van der Waals surface area contributed by atoms with Crippen molar-refractivity contribution in [3.05, 3.63) is 0 Å². The summed E-state index contributed by atoms with van der Waals surface area (Å²) >= 11 is 0. The van der Waals surface area contributed by atoms with Crippen molar-refractivity contribution in [2.45, 2.75) is 39.2 Å². The minimum absolute atomic E-state index is 0.850. The van der Waals surface area contributed by atoms with E-state index in [0.29, 0.717) is 0 Å². The van der Waals surface area contributed by atoms with Crippen LogP contribution in [0.3, 0.4) is 0 Å². The summed E-state index contributed by atoms with van der Waals surface area (Å²) in [7, 11) is 0. The van der Waals surface area contributed by atoms with Gasteiger partial charge in [-0.05, 0) is 50.7 Å². The Morgan fingerprint density at radius 1 is 1.14 bits per heavy atom. The van der Waals surface area contributed by atoms with Gasteiger partial charge in [0.25, 0.3) is 0 Å². The van der Waals surface area contributed by atoms with Crippen LogP contribution >= 0.6 is 0 Å². The minimum Gasteiger partial charge on any atom is -0.315 e. The lowest BCUT2D eigenvalue weighted by Gasteiger charge is -2.37. The molecule has 2 saturated heterocycles. The summed E-state index contributed by atoms with van der Waals surface area (Å²) in [6, 6.07) is 0.850. The van der Waals surface area contributed by atoms with Crippen LogP contribution in [0, 0.1) is 11.8 Å². The monoisotopic (exact) mass is 196 g/mol. The molecule has 0 aromatic heterocycles. The van der Waals surface area contributed by atoms with Gasteiger partial charge in [-0.3, -0.25) is 4.90 Å². The molecule has 0 amide bonds. The molecule has 0 saturated carbocycles. The van der Waals surface area contributed by atoms with E-state index in [9.17, 15) is 0 Å². The van der Waals surface area contributed by atoms with Crippen LogP contribution in [0.25, 0.3) is 0 Å². The summed E-state index contributed by atoms with van der Waals surface area (Å²) in [4.78, 5) is 2.71. The first kappa shape index (κ1) is 10.4. The van der Waals surface area contributed by atoms with Crippen molar-refractivity contribution >= 4 is 0 Å². The normalized spacial score (nSPS) is 31.5. The molecule has 2 aliphatic rings. The summed E-state index contributed by atoms with van der Waals surface area (Å²) in [6.45, 7) is 9.89. The highest BCUT2D eigenvalue weighted by Gasteiger charge is 2.27. The van der Waals surface area contributed by atoms with Gasteiger partial charge in [-0.2, -0.15) is 0 Å². The second-order valence-corrected chi connectivity index (χ2v) is 5.26. The van der Waals surface area contributed by atoms with Crippen LogP contribution in [0.15, 0.2) is 0 Å². The summed E-state index contributed by atoms with van der Waals surface area (Å²) in [6.07, 6.45) is 4.22. The van der Waals surface area contributed by atoms with Gasteiger partial charge in [-0.1, -0.05) is 13.8 Å². The van der Waals surface area contributed by atoms with Gasteiger partial charge in [0, 0.05) is 12.6 Å². The molecule has 14 heavy (non-hydrogen) atoms. The number of hydrogen-bond acceptors (Lipinski definition) is 2. The number of piperidine rings is 1. The van der Waals surface area contributed by atoms with Crippen LogP contribution < -0.4 is 5.32 Å². The third-order valence-electron chi connectivity index (χ3n) is 4.07. The molecule has 0 bridgehead atoms. The summed E-state index contributed by atoms with van der Waals surface area (Å²) < 4.78 is 0. The number of rotatable bonds is 2. The Morgan fingerprint density at radius 3 is 2.36 bits per heavy atom. The first-order chi connectivity index (χ1) is 6.77. The van der Waals surface area contributed by atoms with Gasteiger partial charge in [0.05, 0.1) is 0 Å². The smallest absolute Gasteiger partial charge is 0.0232 e. The molecular weight excluding hydrogens is 172 g/mol. The maximum absolute atomic E-state index is 3.46. The van der Waals surface area contributed by atoms with Gasteiger partial charge < -0.3 is 5.32 Å². The highest BCUT2D eigenvalue weighted by Crippen LogP contribution is 2.26. The zero-order valence-corrected chi connectivity index (χ0v) is 9.63. The van der Waals surface area contributed by atoms with E-state index in [4.69, 9.17) is 0 Å². The molecule has 2 aliphatic heterocycles. The van der Waals surface area contributed by atoms with Crippen LogP contribution in [-0.2, 0) is 0 Å². The highest BCUT2D eigenvalue weighted by molar-refractivity contribution is 4.84. The van der Waals surface area contributed by atoms with Crippen molar-refractivity contribution in [2.75, 3.05) is 26.2 Å². The average molecular weight is 196 g/mol. The molecule has 2 heteroatoms. The van der Waals surface area contributed by atoms with Gasteiger partial charge in [0.15, 0.2) is 0 Å². The number of nitrogens with zero attached hydrogens (tertiary/aromatic N) is 1. The van der Waals surface area contributed by atoms with Crippen LogP contribution in [0.4, 0.5) is 0 Å². The van der Waals surface area contributed by atoms with Gasteiger partial charge in [-0.15, -0.1) is 0 Å². The van der Waals surface area contributed by atoms with E-state index in [1.807, 2.05) is 0 Å². The fraction of sp³-hybridized carbons (Fsp3) is 1.00. The van der Waals surface area contributed by atoms with E-state index >= 15 is 0 Å². The van der Waals surface area contributed by atoms with Crippen molar-refractivity contribution in [1.29, 1.82) is 0 Å². The Kier molecular flexibility index (Phi) is 3.45. The van der Waals surface area contributed by atoms with Gasteiger partial charge in [0.1, 0.15) is 0 Å². The molecule has 82 valence electrons. The first-order valence-corrected chi connectivity index (χ1v) is 6.22. The molecule has 2 nitrogen and oxygen atoms in total. The third-order valence-corrected chi connectivity index (χ3v) is 4.07. The summed E-state index contributed by atoms with van der Waals surface area (Å²) in [5.41, 5.74) is 0. The van der Waals surface area contributed by atoms with E-state index in [2.05, 4.69) is 24.1 Å². The maximum Gasteiger partial charge on any atom is 0.0232 e. The van der Waals surface area contributed by atoms with Crippen LogP contribution in [0.5, 0.6) is 0 Å². The molecule has 1 N–H and O–H groups in total. The second kappa shape index (κ2) is 4.63. The molecule has 2 fully saturated rings. The average Bonchev–Trinajstić information content (AvgIpc) is 2.71. The van der Waals surface area contributed by atoms with E-state index in [0.717, 1.165) is 17.9 Å². The lowest BCUT2D eigenvalue weighted by Crippen LogP contribution is -2.43. The Hall–Kier alpha value is -0.0800. The van der Waals surface area contributed by atoms with Crippen LogP contribution in [0.1, 0.15) is 33.1 Å². The predicted octanol–water partition coefficient (Wildman–Crippen LogP) is 1.72. The Balaban J connectivity index is 1.77. The quantitative estimate of drug-likeness (QED) is 0.723. The van der Waals surface area contributed by atoms with Crippen LogP contribution in [-0.4, -0.2) is 37.1 Å². The van der Waals surface area contributed by atoms with Gasteiger partial charge in [0.2, 0.25) is 0 Å². The van der Waals surface area contributed by atoms with Gasteiger partial charge in [-0.25, -0.2) is 0 Å². The van der Waals surface area contributed by atoms with Crippen molar-refractivity contribution in [3.63, 3.8) is 0 Å². The zero-order chi connectivity index (χ0) is 9.97. The highest BCUT2D eigenvalue weighted by atomic mass is 15.2. The maximum atomic E-state index is 3.46. The number of hydrogen-bond donors (Lipinski definition) is 1. The Bertz CT molecular complexity index is 165. The Labute approximate surface area is 88.1 Å². The van der Waals surface area contributed by atoms with Crippen molar-refractivity contribution < 1.29 is 0 Å². The van der Waals surface area contributed by atoms with Crippen molar-refractivity contribution in [3.8, 4) is 0 Å². The van der Waals surface area contributed by atoms with E-state index in [1.54, 1.807) is 0 Å². The fourth-order valence-electron chi connectivity index (χ4n) is 2.90. The molecule has 2 heterocycles. The molecular formula is C12H24N2. The fourth-order valence-corrected chi connectivity index (χ4v) is 2.90. The zero-order valence-electron chi connectivity index (χ0n) is 9.63. The molecule has 2 rings (SSSR count). The largest absolute Gasteiger partial charge is 0.315 e. The Morgan fingerprint density at radius 2 is 1.86 bits per heavy atom.